The van der Waals surface area contributed by atoms with Gasteiger partial charge < -0.3 is 10.1 Å². The second kappa shape index (κ2) is 9.10. The zero-order chi connectivity index (χ0) is 21.1. The van der Waals surface area contributed by atoms with Gasteiger partial charge in [0.1, 0.15) is 10.4 Å². The summed E-state index contributed by atoms with van der Waals surface area (Å²) in [6, 6.07) is 7.54. The summed E-state index contributed by atoms with van der Waals surface area (Å²) in [5.74, 6) is 0.837. The number of amides is 1. The van der Waals surface area contributed by atoms with Gasteiger partial charge in [0.25, 0.3) is 5.56 Å². The number of hydrogen-bond donors (Lipinski definition) is 1. The van der Waals surface area contributed by atoms with E-state index in [4.69, 9.17) is 17.0 Å². The minimum absolute atomic E-state index is 0.0591. The lowest BCUT2D eigenvalue weighted by Gasteiger charge is -2.11. The molecule has 1 N–H and O–H groups in total. The molecule has 3 rings (SSSR count). The smallest absolute Gasteiger partial charge is 0.273 e. The van der Waals surface area contributed by atoms with Crippen LogP contribution in [0.25, 0.3) is 16.0 Å². The van der Waals surface area contributed by atoms with Gasteiger partial charge in [0.05, 0.1) is 12.4 Å². The zero-order valence-corrected chi connectivity index (χ0v) is 19.0. The maximum Gasteiger partial charge on any atom is 0.273 e. The summed E-state index contributed by atoms with van der Waals surface area (Å²) in [5, 5.41) is 3.30. The summed E-state index contributed by atoms with van der Waals surface area (Å²) in [6.45, 7) is 6.32. The van der Waals surface area contributed by atoms with Crippen molar-refractivity contribution in [2.24, 2.45) is 7.05 Å². The average molecular weight is 451 g/mol. The molecule has 1 aromatic carbocycles. The summed E-state index contributed by atoms with van der Waals surface area (Å²) in [6.07, 6.45) is 0. The van der Waals surface area contributed by atoms with Crippen LogP contribution in [0.2, 0.25) is 0 Å². The molecule has 3 aromatic rings. The standard InChI is InChI=1S/C19H22N4O3S3/c1-5-26-13-8-6-12(7-9-13)23-16-15(29-19(23)27)17(25)22(4)18(21-16)28-10-14(24)20-11(2)3/h6-9,11H,5,10H2,1-4H3,(H,20,24). The number of fused-ring (bicyclic) bond motifs is 1. The summed E-state index contributed by atoms with van der Waals surface area (Å²) in [4.78, 5) is 29.5. The van der Waals surface area contributed by atoms with Gasteiger partial charge in [-0.2, -0.15) is 0 Å². The number of benzene rings is 1. The van der Waals surface area contributed by atoms with E-state index in [2.05, 4.69) is 10.3 Å². The van der Waals surface area contributed by atoms with Gasteiger partial charge in [0, 0.05) is 18.8 Å². The Balaban J connectivity index is 2.02. The Kier molecular flexibility index (Phi) is 6.76. The predicted molar refractivity (Wildman–Crippen MR) is 120 cm³/mol. The Morgan fingerprint density at radius 2 is 2.03 bits per heavy atom. The van der Waals surface area contributed by atoms with E-state index < -0.39 is 0 Å². The van der Waals surface area contributed by atoms with Gasteiger partial charge in [-0.1, -0.05) is 23.1 Å². The van der Waals surface area contributed by atoms with E-state index in [-0.39, 0.29) is 23.3 Å². The van der Waals surface area contributed by atoms with Gasteiger partial charge >= 0.3 is 0 Å². The topological polar surface area (TPSA) is 78.1 Å². The highest BCUT2D eigenvalue weighted by molar-refractivity contribution is 7.99. The lowest BCUT2D eigenvalue weighted by atomic mass is 10.3. The monoisotopic (exact) mass is 450 g/mol. The van der Waals surface area contributed by atoms with Crippen molar-refractivity contribution in [3.05, 3.63) is 38.6 Å². The van der Waals surface area contributed by atoms with E-state index >= 15 is 0 Å². The van der Waals surface area contributed by atoms with E-state index in [1.54, 1.807) is 11.6 Å². The zero-order valence-electron chi connectivity index (χ0n) is 16.6. The van der Waals surface area contributed by atoms with Crippen LogP contribution in [0.4, 0.5) is 0 Å². The highest BCUT2D eigenvalue weighted by Crippen LogP contribution is 2.26. The number of rotatable bonds is 7. The SMILES string of the molecule is CCOc1ccc(-n2c(=S)sc3c(=O)n(C)c(SCC(=O)NC(C)C)nc32)cc1. The van der Waals surface area contributed by atoms with Crippen LogP contribution in [-0.2, 0) is 11.8 Å². The van der Waals surface area contributed by atoms with Crippen LogP contribution in [0.15, 0.2) is 34.2 Å². The normalized spacial score (nSPS) is 11.2. The molecule has 0 radical (unpaired) electrons. The summed E-state index contributed by atoms with van der Waals surface area (Å²) in [5.41, 5.74) is 1.13. The lowest BCUT2D eigenvalue weighted by molar-refractivity contribution is -0.119. The molecule has 0 saturated carbocycles. The lowest BCUT2D eigenvalue weighted by Crippen LogP contribution is -2.31. The third kappa shape index (κ3) is 4.71. The van der Waals surface area contributed by atoms with Gasteiger partial charge in [-0.05, 0) is 57.3 Å². The maximum atomic E-state index is 12.8. The fraction of sp³-hybridized carbons (Fsp3) is 0.368. The molecule has 2 aromatic heterocycles. The fourth-order valence-electron chi connectivity index (χ4n) is 2.72. The Labute approximate surface area is 181 Å². The molecular weight excluding hydrogens is 428 g/mol. The summed E-state index contributed by atoms with van der Waals surface area (Å²) in [7, 11) is 1.65. The highest BCUT2D eigenvalue weighted by atomic mass is 32.2. The van der Waals surface area contributed by atoms with Crippen LogP contribution < -0.4 is 15.6 Å². The number of thioether (sulfide) groups is 1. The highest BCUT2D eigenvalue weighted by Gasteiger charge is 2.17. The molecule has 0 fully saturated rings. The molecule has 7 nitrogen and oxygen atoms in total. The number of carbonyl (C=O) groups excluding carboxylic acids is 1. The second-order valence-electron chi connectivity index (χ2n) is 6.55. The van der Waals surface area contributed by atoms with Crippen molar-refractivity contribution in [1.82, 2.24) is 19.4 Å². The number of ether oxygens (including phenoxy) is 1. The van der Waals surface area contributed by atoms with Gasteiger partial charge in [0.2, 0.25) is 5.91 Å². The Hall–Kier alpha value is -2.17. The predicted octanol–water partition coefficient (Wildman–Crippen LogP) is 3.53. The van der Waals surface area contributed by atoms with E-state index in [0.29, 0.717) is 26.1 Å². The van der Waals surface area contributed by atoms with E-state index in [1.165, 1.54) is 27.7 Å². The van der Waals surface area contributed by atoms with Gasteiger partial charge in [-0.3, -0.25) is 18.7 Å². The van der Waals surface area contributed by atoms with Crippen molar-refractivity contribution in [3.63, 3.8) is 0 Å². The number of aromatic nitrogens is 3. The Morgan fingerprint density at radius 3 is 2.66 bits per heavy atom. The number of carbonyl (C=O) groups is 1. The summed E-state index contributed by atoms with van der Waals surface area (Å²) >= 11 is 7.97. The van der Waals surface area contributed by atoms with Crippen molar-refractivity contribution in [2.45, 2.75) is 32.0 Å². The maximum absolute atomic E-state index is 12.8. The first-order valence-corrected chi connectivity index (χ1v) is 11.3. The molecule has 0 spiro atoms. The molecule has 2 heterocycles. The van der Waals surface area contributed by atoms with Crippen molar-refractivity contribution >= 4 is 51.6 Å². The largest absolute Gasteiger partial charge is 0.494 e. The minimum atomic E-state index is -0.178. The van der Waals surface area contributed by atoms with Crippen molar-refractivity contribution in [1.29, 1.82) is 0 Å². The molecular formula is C19H22N4O3S3. The van der Waals surface area contributed by atoms with Crippen molar-refractivity contribution < 1.29 is 9.53 Å². The van der Waals surface area contributed by atoms with Crippen LogP contribution >= 0.6 is 35.3 Å². The van der Waals surface area contributed by atoms with E-state index in [1.807, 2.05) is 45.0 Å². The summed E-state index contributed by atoms with van der Waals surface area (Å²) < 4.78 is 9.76. The number of hydrogen-bond acceptors (Lipinski definition) is 7. The Bertz CT molecular complexity index is 1150. The third-order valence-electron chi connectivity index (χ3n) is 3.96. The molecule has 0 saturated heterocycles. The van der Waals surface area contributed by atoms with Gasteiger partial charge in [-0.15, -0.1) is 0 Å². The van der Waals surface area contributed by atoms with Crippen LogP contribution in [0, 0.1) is 3.95 Å². The Morgan fingerprint density at radius 1 is 1.34 bits per heavy atom. The first kappa shape index (κ1) is 21.5. The number of thiazole rings is 1. The number of nitrogens with zero attached hydrogens (tertiary/aromatic N) is 3. The molecule has 1 amide bonds. The molecule has 29 heavy (non-hydrogen) atoms. The average Bonchev–Trinajstić information content (AvgIpc) is 3.00. The van der Waals surface area contributed by atoms with Gasteiger partial charge in [0.15, 0.2) is 14.8 Å². The van der Waals surface area contributed by atoms with E-state index in [0.717, 1.165) is 11.4 Å². The van der Waals surface area contributed by atoms with Crippen molar-refractivity contribution in [3.8, 4) is 11.4 Å². The minimum Gasteiger partial charge on any atom is -0.494 e. The van der Waals surface area contributed by atoms with Crippen LogP contribution in [-0.4, -0.2) is 38.4 Å². The first-order chi connectivity index (χ1) is 13.8. The van der Waals surface area contributed by atoms with Crippen LogP contribution in [0.3, 0.4) is 0 Å². The molecule has 10 heteroatoms. The van der Waals surface area contributed by atoms with Crippen LogP contribution in [0.1, 0.15) is 20.8 Å². The van der Waals surface area contributed by atoms with Crippen LogP contribution in [0.5, 0.6) is 5.75 Å². The molecule has 0 unspecified atom stereocenters. The van der Waals surface area contributed by atoms with Gasteiger partial charge in [-0.25, -0.2) is 4.98 Å². The molecule has 0 aliphatic heterocycles. The fourth-order valence-corrected chi connectivity index (χ4v) is 4.84. The molecule has 154 valence electrons. The second-order valence-corrected chi connectivity index (χ2v) is 9.14. The van der Waals surface area contributed by atoms with E-state index in [9.17, 15) is 9.59 Å². The molecule has 0 atom stereocenters. The molecule has 0 bridgehead atoms. The first-order valence-electron chi connectivity index (χ1n) is 9.09. The number of nitrogens with one attached hydrogen (secondary N) is 1. The third-order valence-corrected chi connectivity index (χ3v) is 6.34. The molecule has 0 aliphatic carbocycles. The van der Waals surface area contributed by atoms with Crippen molar-refractivity contribution in [2.75, 3.05) is 12.4 Å². The quantitative estimate of drug-likeness (QED) is 0.337. The molecule has 0 aliphatic rings.